The van der Waals surface area contributed by atoms with Crippen molar-refractivity contribution in [1.82, 2.24) is 9.88 Å². The minimum atomic E-state index is 0.233. The summed E-state index contributed by atoms with van der Waals surface area (Å²) in [6.45, 7) is 4.82. The third-order valence-electron chi connectivity index (χ3n) is 4.24. The SMILES string of the molecule is CCCC(=O)N1CCN2c3ncc(C#N)cc3OCC[C@@H]2C1. The third-order valence-corrected chi connectivity index (χ3v) is 4.24. The molecule has 0 aromatic carbocycles. The van der Waals surface area contributed by atoms with Crippen LogP contribution in [0.2, 0.25) is 0 Å². The molecule has 2 aliphatic rings. The lowest BCUT2D eigenvalue weighted by Gasteiger charge is -2.41. The lowest BCUT2D eigenvalue weighted by Crippen LogP contribution is -2.55. The molecule has 2 aliphatic heterocycles. The molecule has 116 valence electrons. The second-order valence-corrected chi connectivity index (χ2v) is 5.73. The van der Waals surface area contributed by atoms with Crippen molar-refractivity contribution >= 4 is 11.7 Å². The van der Waals surface area contributed by atoms with Crippen molar-refractivity contribution < 1.29 is 9.53 Å². The van der Waals surface area contributed by atoms with Crippen LogP contribution in [0.5, 0.6) is 5.75 Å². The summed E-state index contributed by atoms with van der Waals surface area (Å²) in [4.78, 5) is 20.7. The van der Waals surface area contributed by atoms with Crippen LogP contribution in [-0.2, 0) is 4.79 Å². The van der Waals surface area contributed by atoms with Crippen LogP contribution in [0.15, 0.2) is 12.3 Å². The number of nitrogens with zero attached hydrogens (tertiary/aromatic N) is 4. The van der Waals surface area contributed by atoms with Crippen LogP contribution in [0, 0.1) is 11.3 Å². The fraction of sp³-hybridized carbons (Fsp3) is 0.562. The Balaban J connectivity index is 1.81. The number of anilines is 1. The van der Waals surface area contributed by atoms with Crippen molar-refractivity contribution in [3.05, 3.63) is 17.8 Å². The Morgan fingerprint density at radius 1 is 1.55 bits per heavy atom. The largest absolute Gasteiger partial charge is 0.490 e. The van der Waals surface area contributed by atoms with Gasteiger partial charge in [0.2, 0.25) is 5.91 Å². The zero-order valence-electron chi connectivity index (χ0n) is 12.8. The molecule has 1 amide bonds. The number of carbonyl (C=O) groups is 1. The lowest BCUT2D eigenvalue weighted by atomic mass is 10.1. The van der Waals surface area contributed by atoms with Gasteiger partial charge in [0.25, 0.3) is 0 Å². The molecule has 1 fully saturated rings. The number of rotatable bonds is 2. The van der Waals surface area contributed by atoms with Crippen molar-refractivity contribution in [3.63, 3.8) is 0 Å². The molecular formula is C16H20N4O2. The van der Waals surface area contributed by atoms with Crippen LogP contribution in [0.3, 0.4) is 0 Å². The highest BCUT2D eigenvalue weighted by molar-refractivity contribution is 5.76. The Kier molecular flexibility index (Phi) is 4.14. The standard InChI is InChI=1S/C16H20N4O2/c1-2-3-15(21)19-5-6-20-13(11-19)4-7-22-14-8-12(9-17)10-18-16(14)20/h8,10,13H,2-7,11H2,1H3/t13-/m1/s1. The summed E-state index contributed by atoms with van der Waals surface area (Å²) >= 11 is 0. The van der Waals surface area contributed by atoms with Gasteiger partial charge in [-0.15, -0.1) is 0 Å². The summed E-state index contributed by atoms with van der Waals surface area (Å²) in [5.74, 6) is 1.71. The summed E-state index contributed by atoms with van der Waals surface area (Å²) in [5, 5.41) is 8.98. The molecule has 1 aromatic rings. The number of carbonyl (C=O) groups excluding carboxylic acids is 1. The van der Waals surface area contributed by atoms with E-state index in [-0.39, 0.29) is 11.9 Å². The van der Waals surface area contributed by atoms with E-state index >= 15 is 0 Å². The zero-order chi connectivity index (χ0) is 15.5. The third kappa shape index (κ3) is 2.71. The topological polar surface area (TPSA) is 69.5 Å². The van der Waals surface area contributed by atoms with E-state index in [0.29, 0.717) is 24.3 Å². The smallest absolute Gasteiger partial charge is 0.222 e. The minimum Gasteiger partial charge on any atom is -0.490 e. The first-order chi connectivity index (χ1) is 10.7. The monoisotopic (exact) mass is 300 g/mol. The highest BCUT2D eigenvalue weighted by Crippen LogP contribution is 2.33. The number of amides is 1. The minimum absolute atomic E-state index is 0.233. The fourth-order valence-corrected chi connectivity index (χ4v) is 3.11. The maximum atomic E-state index is 12.1. The molecule has 6 heteroatoms. The molecule has 0 radical (unpaired) electrons. The Morgan fingerprint density at radius 2 is 2.41 bits per heavy atom. The van der Waals surface area contributed by atoms with Gasteiger partial charge in [-0.3, -0.25) is 4.79 Å². The van der Waals surface area contributed by atoms with E-state index in [9.17, 15) is 4.79 Å². The quantitative estimate of drug-likeness (QED) is 0.829. The van der Waals surface area contributed by atoms with Gasteiger partial charge >= 0.3 is 0 Å². The second kappa shape index (κ2) is 6.22. The summed E-state index contributed by atoms with van der Waals surface area (Å²) in [7, 11) is 0. The number of nitriles is 1. The van der Waals surface area contributed by atoms with Crippen LogP contribution in [0.4, 0.5) is 5.82 Å². The van der Waals surface area contributed by atoms with Gasteiger partial charge in [0, 0.05) is 44.7 Å². The van der Waals surface area contributed by atoms with Crippen LogP contribution in [0.25, 0.3) is 0 Å². The fourth-order valence-electron chi connectivity index (χ4n) is 3.11. The van der Waals surface area contributed by atoms with Gasteiger partial charge in [0.15, 0.2) is 11.6 Å². The molecule has 0 bridgehead atoms. The maximum absolute atomic E-state index is 12.1. The molecule has 1 aromatic heterocycles. The summed E-state index contributed by atoms with van der Waals surface area (Å²) < 4.78 is 5.77. The van der Waals surface area contributed by atoms with Gasteiger partial charge in [-0.25, -0.2) is 4.98 Å². The first-order valence-corrected chi connectivity index (χ1v) is 7.80. The van der Waals surface area contributed by atoms with E-state index in [1.54, 1.807) is 12.3 Å². The average molecular weight is 300 g/mol. The molecule has 1 saturated heterocycles. The number of fused-ring (bicyclic) bond motifs is 3. The van der Waals surface area contributed by atoms with Crippen LogP contribution in [0.1, 0.15) is 31.7 Å². The van der Waals surface area contributed by atoms with Gasteiger partial charge in [0.1, 0.15) is 6.07 Å². The van der Waals surface area contributed by atoms with Crippen LogP contribution < -0.4 is 9.64 Å². The van der Waals surface area contributed by atoms with Crippen molar-refractivity contribution in [2.75, 3.05) is 31.1 Å². The number of pyridine rings is 1. The predicted octanol–water partition coefficient (Wildman–Crippen LogP) is 1.55. The first kappa shape index (κ1) is 14.6. The van der Waals surface area contributed by atoms with E-state index in [2.05, 4.69) is 16.0 Å². The van der Waals surface area contributed by atoms with Crippen molar-refractivity contribution in [1.29, 1.82) is 5.26 Å². The molecular weight excluding hydrogens is 280 g/mol. The predicted molar refractivity (Wildman–Crippen MR) is 81.7 cm³/mol. The van der Waals surface area contributed by atoms with E-state index in [0.717, 1.165) is 38.3 Å². The highest BCUT2D eigenvalue weighted by atomic mass is 16.5. The van der Waals surface area contributed by atoms with Gasteiger partial charge < -0.3 is 14.5 Å². The number of aromatic nitrogens is 1. The molecule has 1 atom stereocenters. The second-order valence-electron chi connectivity index (χ2n) is 5.73. The lowest BCUT2D eigenvalue weighted by molar-refractivity contribution is -0.132. The van der Waals surface area contributed by atoms with Gasteiger partial charge in [-0.1, -0.05) is 6.92 Å². The van der Waals surface area contributed by atoms with Gasteiger partial charge in [-0.2, -0.15) is 5.26 Å². The molecule has 0 saturated carbocycles. The van der Waals surface area contributed by atoms with E-state index in [4.69, 9.17) is 10.00 Å². The van der Waals surface area contributed by atoms with Gasteiger partial charge in [0.05, 0.1) is 18.2 Å². The first-order valence-electron chi connectivity index (χ1n) is 7.80. The summed E-state index contributed by atoms with van der Waals surface area (Å²) in [5.41, 5.74) is 0.508. The van der Waals surface area contributed by atoms with Crippen LogP contribution in [-0.4, -0.2) is 48.1 Å². The van der Waals surface area contributed by atoms with Crippen molar-refractivity contribution in [2.24, 2.45) is 0 Å². The Hall–Kier alpha value is -2.29. The Morgan fingerprint density at radius 3 is 3.18 bits per heavy atom. The molecule has 0 N–H and O–H groups in total. The molecule has 6 nitrogen and oxygen atoms in total. The molecule has 22 heavy (non-hydrogen) atoms. The van der Waals surface area contributed by atoms with E-state index < -0.39 is 0 Å². The summed E-state index contributed by atoms with van der Waals surface area (Å²) in [6, 6.07) is 4.07. The van der Waals surface area contributed by atoms with Crippen LogP contribution >= 0.6 is 0 Å². The zero-order valence-corrected chi connectivity index (χ0v) is 12.8. The normalized spacial score (nSPS) is 20.3. The highest BCUT2D eigenvalue weighted by Gasteiger charge is 2.33. The molecule has 3 heterocycles. The van der Waals surface area contributed by atoms with Crippen molar-refractivity contribution in [2.45, 2.75) is 32.2 Å². The van der Waals surface area contributed by atoms with Gasteiger partial charge in [-0.05, 0) is 6.42 Å². The molecule has 3 rings (SSSR count). The molecule has 0 spiro atoms. The Labute approximate surface area is 130 Å². The number of piperazine rings is 1. The number of hydrogen-bond acceptors (Lipinski definition) is 5. The van der Waals surface area contributed by atoms with E-state index in [1.807, 2.05) is 11.8 Å². The molecule has 0 unspecified atom stereocenters. The van der Waals surface area contributed by atoms with Crippen molar-refractivity contribution in [3.8, 4) is 11.8 Å². The maximum Gasteiger partial charge on any atom is 0.222 e. The number of ether oxygens (including phenoxy) is 1. The Bertz CT molecular complexity index is 611. The van der Waals surface area contributed by atoms with E-state index in [1.165, 1.54) is 0 Å². The average Bonchev–Trinajstić information content (AvgIpc) is 2.72. The number of hydrogen-bond donors (Lipinski definition) is 0. The summed E-state index contributed by atoms with van der Waals surface area (Å²) in [6.07, 6.45) is 3.94. The molecule has 0 aliphatic carbocycles.